The molecule has 0 saturated heterocycles. The summed E-state index contributed by atoms with van der Waals surface area (Å²) in [6.07, 6.45) is 3.27. The van der Waals surface area contributed by atoms with E-state index < -0.39 is 0 Å². The summed E-state index contributed by atoms with van der Waals surface area (Å²) in [5.41, 5.74) is 7.97. The zero-order valence-electron chi connectivity index (χ0n) is 7.25. The average Bonchev–Trinajstić information content (AvgIpc) is 2.04. The molecule has 0 bridgehead atoms. The Morgan fingerprint density at radius 2 is 2.27 bits per heavy atom. The first-order valence-electron chi connectivity index (χ1n) is 3.99. The van der Waals surface area contributed by atoms with Gasteiger partial charge in [-0.15, -0.1) is 0 Å². The van der Waals surface area contributed by atoms with Gasteiger partial charge < -0.3 is 5.32 Å². The second kappa shape index (κ2) is 7.38. The highest BCUT2D eigenvalue weighted by atomic mass is 15.1. The lowest BCUT2D eigenvalue weighted by Crippen LogP contribution is -2.20. The van der Waals surface area contributed by atoms with Crippen molar-refractivity contribution in [3.63, 3.8) is 0 Å². The summed E-state index contributed by atoms with van der Waals surface area (Å²) in [6.45, 7) is 2.78. The van der Waals surface area contributed by atoms with E-state index in [4.69, 9.17) is 5.53 Å². The molecule has 4 heteroatoms. The van der Waals surface area contributed by atoms with Crippen LogP contribution in [0.25, 0.3) is 10.4 Å². The quantitative estimate of drug-likeness (QED) is 0.272. The third-order valence-corrected chi connectivity index (χ3v) is 1.70. The fourth-order valence-electron chi connectivity index (χ4n) is 0.822. The van der Waals surface area contributed by atoms with Crippen molar-refractivity contribution >= 4 is 0 Å². The molecule has 0 aromatic rings. The van der Waals surface area contributed by atoms with E-state index in [1.54, 1.807) is 0 Å². The van der Waals surface area contributed by atoms with Gasteiger partial charge in [-0.3, -0.25) is 0 Å². The van der Waals surface area contributed by atoms with Gasteiger partial charge >= 0.3 is 0 Å². The fourth-order valence-corrected chi connectivity index (χ4v) is 0.822. The lowest BCUT2D eigenvalue weighted by atomic mass is 10.1. The molecule has 0 radical (unpaired) electrons. The van der Waals surface area contributed by atoms with Gasteiger partial charge in [-0.2, -0.15) is 0 Å². The Kier molecular flexibility index (Phi) is 6.89. The molecule has 0 unspecified atom stereocenters. The van der Waals surface area contributed by atoms with Gasteiger partial charge in [0, 0.05) is 17.5 Å². The van der Waals surface area contributed by atoms with Crippen molar-refractivity contribution in [1.29, 1.82) is 0 Å². The fraction of sp³-hybridized carbons (Fsp3) is 1.00. The second-order valence-corrected chi connectivity index (χ2v) is 2.64. The first-order chi connectivity index (χ1) is 5.31. The lowest BCUT2D eigenvalue weighted by molar-refractivity contribution is 0.531. The minimum atomic E-state index is 0.570. The molecular weight excluding hydrogens is 140 g/mol. The first kappa shape index (κ1) is 10.3. The molecule has 0 aromatic carbocycles. The van der Waals surface area contributed by atoms with Crippen LogP contribution in [-0.2, 0) is 0 Å². The third-order valence-electron chi connectivity index (χ3n) is 1.70. The number of nitrogens with zero attached hydrogens (tertiary/aromatic N) is 3. The maximum absolute atomic E-state index is 7.97. The van der Waals surface area contributed by atoms with Gasteiger partial charge in [0.05, 0.1) is 0 Å². The first-order valence-corrected chi connectivity index (χ1v) is 3.99. The Morgan fingerprint density at radius 1 is 1.55 bits per heavy atom. The van der Waals surface area contributed by atoms with Gasteiger partial charge in [0.2, 0.25) is 0 Å². The molecule has 1 atom stereocenters. The maximum Gasteiger partial charge on any atom is 0.0257 e. The molecule has 4 nitrogen and oxygen atoms in total. The van der Waals surface area contributed by atoms with Gasteiger partial charge in [-0.1, -0.05) is 11.5 Å². The van der Waals surface area contributed by atoms with Crippen molar-refractivity contribution < 1.29 is 0 Å². The van der Waals surface area contributed by atoms with E-state index in [1.165, 1.54) is 0 Å². The Labute approximate surface area is 67.6 Å². The summed E-state index contributed by atoms with van der Waals surface area (Å²) in [6, 6.07) is 0.570. The van der Waals surface area contributed by atoms with Gasteiger partial charge in [0.25, 0.3) is 0 Å². The highest BCUT2D eigenvalue weighted by molar-refractivity contribution is 4.57. The van der Waals surface area contributed by atoms with E-state index in [1.807, 2.05) is 7.05 Å². The van der Waals surface area contributed by atoms with E-state index in [-0.39, 0.29) is 0 Å². The van der Waals surface area contributed by atoms with Gasteiger partial charge in [0.1, 0.15) is 0 Å². The molecular formula is C7H16N4. The Hall–Kier alpha value is -0.730. The molecule has 1 N–H and O–H groups in total. The van der Waals surface area contributed by atoms with Crippen molar-refractivity contribution in [2.45, 2.75) is 32.2 Å². The maximum atomic E-state index is 7.97. The summed E-state index contributed by atoms with van der Waals surface area (Å²) >= 11 is 0. The monoisotopic (exact) mass is 156 g/mol. The van der Waals surface area contributed by atoms with Crippen LogP contribution in [0.15, 0.2) is 5.11 Å². The smallest absolute Gasteiger partial charge is 0.0257 e. The minimum absolute atomic E-state index is 0.570. The summed E-state index contributed by atoms with van der Waals surface area (Å²) in [4.78, 5) is 2.68. The molecule has 0 aromatic heterocycles. The van der Waals surface area contributed by atoms with Crippen molar-refractivity contribution in [2.75, 3.05) is 13.6 Å². The molecule has 0 saturated carbocycles. The van der Waals surface area contributed by atoms with Crippen LogP contribution in [0.1, 0.15) is 26.2 Å². The molecule has 0 fully saturated rings. The van der Waals surface area contributed by atoms with Gasteiger partial charge in [-0.05, 0) is 32.3 Å². The molecule has 0 spiro atoms. The lowest BCUT2D eigenvalue weighted by Gasteiger charge is -2.07. The van der Waals surface area contributed by atoms with Crippen LogP contribution in [0.4, 0.5) is 0 Å². The largest absolute Gasteiger partial charge is 0.317 e. The van der Waals surface area contributed by atoms with E-state index in [0.29, 0.717) is 12.6 Å². The van der Waals surface area contributed by atoms with Crippen LogP contribution in [0.5, 0.6) is 0 Å². The minimum Gasteiger partial charge on any atom is -0.317 e. The topological polar surface area (TPSA) is 60.8 Å². The van der Waals surface area contributed by atoms with E-state index in [2.05, 4.69) is 22.3 Å². The zero-order valence-corrected chi connectivity index (χ0v) is 7.25. The number of unbranched alkanes of at least 4 members (excludes halogenated alkanes) is 1. The van der Waals surface area contributed by atoms with E-state index in [9.17, 15) is 0 Å². The van der Waals surface area contributed by atoms with Gasteiger partial charge in [0.15, 0.2) is 0 Å². The standard InChI is InChI=1S/C7H16N4/c1-7(9-2)5-3-4-6-10-11-8/h7,9H,3-6H2,1-2H3/t7-/m1/s1. The average molecular weight is 156 g/mol. The van der Waals surface area contributed by atoms with Crippen LogP contribution in [0, 0.1) is 0 Å². The summed E-state index contributed by atoms with van der Waals surface area (Å²) < 4.78 is 0. The number of hydrogen-bond acceptors (Lipinski definition) is 2. The summed E-state index contributed by atoms with van der Waals surface area (Å²) in [5, 5.41) is 6.61. The number of rotatable bonds is 6. The normalized spacial score (nSPS) is 12.2. The number of hydrogen-bond donors (Lipinski definition) is 1. The molecule has 0 aliphatic carbocycles. The summed E-state index contributed by atoms with van der Waals surface area (Å²) in [5.74, 6) is 0. The third kappa shape index (κ3) is 7.16. The Bertz CT molecular complexity index is 128. The predicted molar refractivity (Wildman–Crippen MR) is 46.4 cm³/mol. The summed E-state index contributed by atoms with van der Waals surface area (Å²) in [7, 11) is 1.96. The highest BCUT2D eigenvalue weighted by Gasteiger charge is 1.95. The molecule has 64 valence electrons. The Balaban J connectivity index is 3.07. The van der Waals surface area contributed by atoms with Crippen molar-refractivity contribution in [3.8, 4) is 0 Å². The van der Waals surface area contributed by atoms with Crippen LogP contribution >= 0.6 is 0 Å². The van der Waals surface area contributed by atoms with Crippen LogP contribution < -0.4 is 5.32 Å². The van der Waals surface area contributed by atoms with E-state index >= 15 is 0 Å². The SMILES string of the molecule is CN[C@H](C)CCCCN=[N+]=[N-]. The Morgan fingerprint density at radius 3 is 2.82 bits per heavy atom. The van der Waals surface area contributed by atoms with Crippen molar-refractivity contribution in [2.24, 2.45) is 5.11 Å². The highest BCUT2D eigenvalue weighted by Crippen LogP contribution is 1.99. The molecule has 0 aliphatic rings. The van der Waals surface area contributed by atoms with Crippen LogP contribution in [0.3, 0.4) is 0 Å². The second-order valence-electron chi connectivity index (χ2n) is 2.64. The molecule has 0 aliphatic heterocycles. The molecule has 0 rings (SSSR count). The van der Waals surface area contributed by atoms with Gasteiger partial charge in [-0.25, -0.2) is 0 Å². The van der Waals surface area contributed by atoms with Crippen molar-refractivity contribution in [3.05, 3.63) is 10.4 Å². The number of azide groups is 1. The molecule has 0 heterocycles. The molecule has 11 heavy (non-hydrogen) atoms. The zero-order chi connectivity index (χ0) is 8.53. The predicted octanol–water partition coefficient (Wildman–Crippen LogP) is 2.07. The van der Waals surface area contributed by atoms with Crippen molar-refractivity contribution in [1.82, 2.24) is 5.32 Å². The van der Waals surface area contributed by atoms with Crippen LogP contribution in [0.2, 0.25) is 0 Å². The van der Waals surface area contributed by atoms with E-state index in [0.717, 1.165) is 19.3 Å². The number of nitrogens with one attached hydrogen (secondary N) is 1. The molecule has 0 amide bonds. The van der Waals surface area contributed by atoms with Crippen LogP contribution in [-0.4, -0.2) is 19.6 Å².